The summed E-state index contributed by atoms with van der Waals surface area (Å²) in [6, 6.07) is 13.6. The molecule has 0 saturated heterocycles. The molecule has 152 valence electrons. The number of aryl methyl sites for hydroxylation is 4. The van der Waals surface area contributed by atoms with Gasteiger partial charge in [0, 0.05) is 18.7 Å². The Morgan fingerprint density at radius 3 is 2.53 bits per heavy atom. The lowest BCUT2D eigenvalue weighted by molar-refractivity contribution is -0.116. The van der Waals surface area contributed by atoms with Gasteiger partial charge in [0.15, 0.2) is 5.65 Å². The summed E-state index contributed by atoms with van der Waals surface area (Å²) in [6.45, 7) is 6.28. The molecule has 1 N–H and O–H groups in total. The minimum Gasteiger partial charge on any atom is -0.326 e. The van der Waals surface area contributed by atoms with Gasteiger partial charge in [0.05, 0.1) is 18.2 Å². The van der Waals surface area contributed by atoms with Crippen molar-refractivity contribution >= 4 is 22.6 Å². The normalized spacial score (nSPS) is 11.0. The average Bonchev–Trinajstić information content (AvgIpc) is 3.16. The topological polar surface area (TPSA) is 81.8 Å². The van der Waals surface area contributed by atoms with Gasteiger partial charge in [-0.25, -0.2) is 9.67 Å². The quantitative estimate of drug-likeness (QED) is 0.555. The van der Waals surface area contributed by atoms with Crippen molar-refractivity contribution in [1.29, 1.82) is 0 Å². The molecule has 7 heteroatoms. The SMILES string of the molecule is Cc1ccc(-n2ncc3c(=O)n(CCC(=O)Nc4ccc(C)c(C)c4)cnc32)cc1. The average molecular weight is 401 g/mol. The number of fused-ring (bicyclic) bond motifs is 1. The van der Waals surface area contributed by atoms with Crippen LogP contribution < -0.4 is 10.9 Å². The molecule has 30 heavy (non-hydrogen) atoms. The number of amides is 1. The summed E-state index contributed by atoms with van der Waals surface area (Å²) in [6.07, 6.45) is 3.17. The van der Waals surface area contributed by atoms with Crippen molar-refractivity contribution in [3.05, 3.63) is 82.0 Å². The molecule has 2 heterocycles. The van der Waals surface area contributed by atoms with E-state index < -0.39 is 0 Å². The highest BCUT2D eigenvalue weighted by molar-refractivity contribution is 5.90. The van der Waals surface area contributed by atoms with Crippen molar-refractivity contribution in [2.75, 3.05) is 5.32 Å². The fourth-order valence-electron chi connectivity index (χ4n) is 3.25. The van der Waals surface area contributed by atoms with E-state index in [0.29, 0.717) is 11.0 Å². The Morgan fingerprint density at radius 2 is 1.80 bits per heavy atom. The zero-order valence-electron chi connectivity index (χ0n) is 17.2. The predicted molar refractivity (Wildman–Crippen MR) is 117 cm³/mol. The monoisotopic (exact) mass is 401 g/mol. The van der Waals surface area contributed by atoms with E-state index in [-0.39, 0.29) is 24.4 Å². The van der Waals surface area contributed by atoms with Crippen LogP contribution in [-0.2, 0) is 11.3 Å². The van der Waals surface area contributed by atoms with E-state index in [1.165, 1.54) is 22.7 Å². The van der Waals surface area contributed by atoms with Gasteiger partial charge in [0.25, 0.3) is 5.56 Å². The molecule has 0 radical (unpaired) electrons. The Kier molecular flexibility index (Phi) is 5.18. The van der Waals surface area contributed by atoms with Gasteiger partial charge in [-0.3, -0.25) is 14.2 Å². The maximum atomic E-state index is 12.8. The third-order valence-electron chi connectivity index (χ3n) is 5.20. The molecule has 0 fully saturated rings. The van der Waals surface area contributed by atoms with E-state index in [9.17, 15) is 9.59 Å². The van der Waals surface area contributed by atoms with Crippen LogP contribution in [0.3, 0.4) is 0 Å². The second-order valence-electron chi connectivity index (χ2n) is 7.47. The van der Waals surface area contributed by atoms with Crippen molar-refractivity contribution in [2.45, 2.75) is 33.7 Å². The first kappa shape index (κ1) is 19.6. The van der Waals surface area contributed by atoms with Gasteiger partial charge in [0.1, 0.15) is 5.39 Å². The molecule has 0 unspecified atom stereocenters. The van der Waals surface area contributed by atoms with Crippen LogP contribution in [-0.4, -0.2) is 25.2 Å². The van der Waals surface area contributed by atoms with Crippen LogP contribution in [0.2, 0.25) is 0 Å². The van der Waals surface area contributed by atoms with E-state index in [0.717, 1.165) is 22.5 Å². The second kappa shape index (κ2) is 7.94. The van der Waals surface area contributed by atoms with Crippen LogP contribution in [0.4, 0.5) is 5.69 Å². The molecule has 4 rings (SSSR count). The molecule has 7 nitrogen and oxygen atoms in total. The lowest BCUT2D eigenvalue weighted by Crippen LogP contribution is -2.23. The van der Waals surface area contributed by atoms with Crippen LogP contribution in [0, 0.1) is 20.8 Å². The molecule has 0 bridgehead atoms. The molecule has 4 aromatic rings. The van der Waals surface area contributed by atoms with Gasteiger partial charge in [-0.1, -0.05) is 23.8 Å². The molecule has 2 aromatic carbocycles. The maximum Gasteiger partial charge on any atom is 0.264 e. The number of aromatic nitrogens is 4. The smallest absolute Gasteiger partial charge is 0.264 e. The maximum absolute atomic E-state index is 12.8. The van der Waals surface area contributed by atoms with Crippen LogP contribution in [0.1, 0.15) is 23.1 Å². The molecular weight excluding hydrogens is 378 g/mol. The molecule has 0 spiro atoms. The largest absolute Gasteiger partial charge is 0.326 e. The van der Waals surface area contributed by atoms with Crippen LogP contribution >= 0.6 is 0 Å². The predicted octanol–water partition coefficient (Wildman–Crippen LogP) is 3.54. The summed E-state index contributed by atoms with van der Waals surface area (Å²) in [4.78, 5) is 29.5. The van der Waals surface area contributed by atoms with E-state index in [1.807, 2.05) is 63.2 Å². The molecule has 0 saturated carbocycles. The van der Waals surface area contributed by atoms with Crippen LogP contribution in [0.15, 0.2) is 59.8 Å². The first-order valence-corrected chi connectivity index (χ1v) is 9.80. The first-order valence-electron chi connectivity index (χ1n) is 9.80. The number of hydrogen-bond acceptors (Lipinski definition) is 4. The standard InChI is InChI=1S/C23H23N5O2/c1-15-4-8-19(9-5-15)28-22-20(13-25-28)23(30)27(14-24-22)11-10-21(29)26-18-7-6-16(2)17(3)12-18/h4-9,12-14H,10-11H2,1-3H3,(H,26,29). The van der Waals surface area contributed by atoms with Gasteiger partial charge in [-0.05, 0) is 56.2 Å². The molecule has 0 aliphatic heterocycles. The Bertz CT molecular complexity index is 1290. The number of rotatable bonds is 5. The lowest BCUT2D eigenvalue weighted by atomic mass is 10.1. The fraction of sp³-hybridized carbons (Fsp3) is 0.217. The van der Waals surface area contributed by atoms with Gasteiger partial charge in [-0.15, -0.1) is 0 Å². The van der Waals surface area contributed by atoms with Crippen LogP contribution in [0.5, 0.6) is 0 Å². The van der Waals surface area contributed by atoms with Crippen molar-refractivity contribution in [2.24, 2.45) is 0 Å². The highest BCUT2D eigenvalue weighted by Crippen LogP contribution is 2.15. The number of benzene rings is 2. The number of carbonyl (C=O) groups is 1. The summed E-state index contributed by atoms with van der Waals surface area (Å²) in [5.41, 5.74) is 5.31. The Morgan fingerprint density at radius 1 is 1.03 bits per heavy atom. The Hall–Kier alpha value is -3.74. The summed E-state index contributed by atoms with van der Waals surface area (Å²) >= 11 is 0. The highest BCUT2D eigenvalue weighted by Gasteiger charge is 2.12. The molecular formula is C23H23N5O2. The van der Waals surface area contributed by atoms with Crippen molar-refractivity contribution in [3.63, 3.8) is 0 Å². The van der Waals surface area contributed by atoms with Crippen molar-refractivity contribution < 1.29 is 4.79 Å². The van der Waals surface area contributed by atoms with Gasteiger partial charge < -0.3 is 5.32 Å². The summed E-state index contributed by atoms with van der Waals surface area (Å²) in [5.74, 6) is -0.152. The van der Waals surface area contributed by atoms with E-state index in [1.54, 1.807) is 4.68 Å². The molecule has 2 aromatic heterocycles. The zero-order valence-corrected chi connectivity index (χ0v) is 17.2. The first-order chi connectivity index (χ1) is 14.4. The van der Waals surface area contributed by atoms with E-state index in [2.05, 4.69) is 15.4 Å². The minimum atomic E-state index is -0.211. The van der Waals surface area contributed by atoms with Crippen LogP contribution in [0.25, 0.3) is 16.7 Å². The lowest BCUT2D eigenvalue weighted by Gasteiger charge is -2.09. The number of nitrogens with zero attached hydrogens (tertiary/aromatic N) is 4. The molecule has 0 aliphatic rings. The number of hydrogen-bond donors (Lipinski definition) is 1. The van der Waals surface area contributed by atoms with E-state index >= 15 is 0 Å². The van der Waals surface area contributed by atoms with Crippen molar-refractivity contribution in [3.8, 4) is 5.69 Å². The number of carbonyl (C=O) groups excluding carboxylic acids is 1. The number of nitrogens with one attached hydrogen (secondary N) is 1. The summed E-state index contributed by atoms with van der Waals surface area (Å²) < 4.78 is 3.09. The molecule has 0 atom stereocenters. The minimum absolute atomic E-state index is 0.152. The second-order valence-corrected chi connectivity index (χ2v) is 7.47. The highest BCUT2D eigenvalue weighted by atomic mass is 16.2. The fourth-order valence-corrected chi connectivity index (χ4v) is 3.25. The zero-order chi connectivity index (χ0) is 21.3. The molecule has 1 amide bonds. The van der Waals surface area contributed by atoms with E-state index in [4.69, 9.17) is 0 Å². The summed E-state index contributed by atoms with van der Waals surface area (Å²) in [5, 5.41) is 7.62. The van der Waals surface area contributed by atoms with Crippen molar-refractivity contribution in [1.82, 2.24) is 19.3 Å². The molecule has 0 aliphatic carbocycles. The van der Waals surface area contributed by atoms with Gasteiger partial charge in [-0.2, -0.15) is 5.10 Å². The Labute approximate surface area is 174 Å². The Balaban J connectivity index is 1.50. The van der Waals surface area contributed by atoms with Gasteiger partial charge >= 0.3 is 0 Å². The third-order valence-corrected chi connectivity index (χ3v) is 5.20. The number of anilines is 1. The summed E-state index contributed by atoms with van der Waals surface area (Å²) in [7, 11) is 0. The van der Waals surface area contributed by atoms with Gasteiger partial charge in [0.2, 0.25) is 5.91 Å². The third kappa shape index (κ3) is 3.87.